The minimum Gasteiger partial charge on any atom is -0.356 e. The summed E-state index contributed by atoms with van der Waals surface area (Å²) in [6, 6.07) is 4.24. The highest BCUT2D eigenvalue weighted by atomic mass is 35.5. The molecule has 1 aliphatic heterocycles. The molecule has 1 saturated heterocycles. The van der Waals surface area contributed by atoms with Crippen molar-refractivity contribution in [1.29, 1.82) is 0 Å². The van der Waals surface area contributed by atoms with E-state index in [9.17, 15) is 18.0 Å². The van der Waals surface area contributed by atoms with Gasteiger partial charge in [0.05, 0.1) is 21.4 Å². The van der Waals surface area contributed by atoms with Gasteiger partial charge in [-0.25, -0.2) is 8.42 Å². The summed E-state index contributed by atoms with van der Waals surface area (Å²) in [7, 11) is -3.71. The van der Waals surface area contributed by atoms with E-state index in [-0.39, 0.29) is 33.2 Å². The molecule has 0 bridgehead atoms. The first-order valence-electron chi connectivity index (χ1n) is 11.6. The van der Waals surface area contributed by atoms with Gasteiger partial charge in [0.25, 0.3) is 5.91 Å². The van der Waals surface area contributed by atoms with E-state index in [1.165, 1.54) is 22.5 Å². The SMILES string of the molecule is CCCCCCNC(=O)C1CCCN(C(=O)c2cc(S(=O)(=O)N(CC)CC)ccc2Cl)C1. The van der Waals surface area contributed by atoms with Gasteiger partial charge in [-0.2, -0.15) is 4.31 Å². The Bertz CT molecular complexity index is 887. The number of unbranched alkanes of at least 4 members (excludes halogenated alkanes) is 3. The van der Waals surface area contributed by atoms with Gasteiger partial charge in [-0.1, -0.05) is 51.6 Å². The Labute approximate surface area is 197 Å². The van der Waals surface area contributed by atoms with Gasteiger partial charge >= 0.3 is 0 Å². The maximum Gasteiger partial charge on any atom is 0.255 e. The van der Waals surface area contributed by atoms with Crippen LogP contribution in [0.25, 0.3) is 0 Å². The minimum absolute atomic E-state index is 0.0250. The molecule has 2 amide bonds. The largest absolute Gasteiger partial charge is 0.356 e. The van der Waals surface area contributed by atoms with Crippen LogP contribution in [0.5, 0.6) is 0 Å². The lowest BCUT2D eigenvalue weighted by molar-refractivity contribution is -0.126. The fraction of sp³-hybridized carbons (Fsp3) is 0.652. The molecule has 1 aromatic carbocycles. The van der Waals surface area contributed by atoms with Crippen LogP contribution in [0.1, 0.15) is 69.7 Å². The summed E-state index contributed by atoms with van der Waals surface area (Å²) in [6.07, 6.45) is 5.80. The van der Waals surface area contributed by atoms with E-state index in [4.69, 9.17) is 11.6 Å². The Morgan fingerprint density at radius 2 is 1.88 bits per heavy atom. The number of rotatable bonds is 11. The van der Waals surface area contributed by atoms with Crippen LogP contribution in [0.2, 0.25) is 5.02 Å². The molecule has 1 atom stereocenters. The van der Waals surface area contributed by atoms with Crippen LogP contribution in [0.4, 0.5) is 0 Å². The van der Waals surface area contributed by atoms with Crippen molar-refractivity contribution in [3.05, 3.63) is 28.8 Å². The van der Waals surface area contributed by atoms with Crippen molar-refractivity contribution in [2.24, 2.45) is 5.92 Å². The monoisotopic (exact) mass is 485 g/mol. The normalized spacial score (nSPS) is 16.9. The molecule has 1 N–H and O–H groups in total. The quantitative estimate of drug-likeness (QED) is 0.481. The molecule has 0 aromatic heterocycles. The van der Waals surface area contributed by atoms with Gasteiger partial charge in [-0.15, -0.1) is 0 Å². The lowest BCUT2D eigenvalue weighted by atomic mass is 9.96. The zero-order valence-electron chi connectivity index (χ0n) is 19.4. The number of hydrogen-bond donors (Lipinski definition) is 1. The van der Waals surface area contributed by atoms with Crippen LogP contribution in [0.3, 0.4) is 0 Å². The fourth-order valence-electron chi connectivity index (χ4n) is 3.99. The lowest BCUT2D eigenvalue weighted by Crippen LogP contribution is -2.45. The number of amides is 2. The standard InChI is InChI=1S/C23H36ClN3O4S/c1-4-7-8-9-14-25-22(28)18-11-10-15-26(17-18)23(29)20-16-19(12-13-21(20)24)32(30,31)27(5-2)6-3/h12-13,16,18H,4-11,14-15,17H2,1-3H3,(H,25,28). The number of nitrogens with zero attached hydrogens (tertiary/aromatic N) is 2. The molecule has 0 aliphatic carbocycles. The number of benzene rings is 1. The zero-order valence-corrected chi connectivity index (χ0v) is 21.0. The number of hydrogen-bond acceptors (Lipinski definition) is 4. The molecule has 1 aliphatic rings. The summed E-state index contributed by atoms with van der Waals surface area (Å²) in [5.41, 5.74) is 0.153. The molecule has 9 heteroatoms. The van der Waals surface area contributed by atoms with Crippen molar-refractivity contribution in [2.45, 2.75) is 64.2 Å². The fourth-order valence-corrected chi connectivity index (χ4v) is 5.68. The van der Waals surface area contributed by atoms with Gasteiger partial charge in [0.15, 0.2) is 0 Å². The predicted octanol–water partition coefficient (Wildman–Crippen LogP) is 3.92. The summed E-state index contributed by atoms with van der Waals surface area (Å²) in [4.78, 5) is 27.4. The van der Waals surface area contributed by atoms with Gasteiger partial charge in [-0.3, -0.25) is 9.59 Å². The zero-order chi connectivity index (χ0) is 23.7. The van der Waals surface area contributed by atoms with Crippen LogP contribution in [0, 0.1) is 5.92 Å². The van der Waals surface area contributed by atoms with Crippen molar-refractivity contribution in [2.75, 3.05) is 32.7 Å². The topological polar surface area (TPSA) is 86.8 Å². The highest BCUT2D eigenvalue weighted by molar-refractivity contribution is 7.89. The summed E-state index contributed by atoms with van der Waals surface area (Å²) < 4.78 is 27.1. The third-order valence-electron chi connectivity index (χ3n) is 5.92. The summed E-state index contributed by atoms with van der Waals surface area (Å²) >= 11 is 6.28. The lowest BCUT2D eigenvalue weighted by Gasteiger charge is -2.32. The van der Waals surface area contributed by atoms with Crippen LogP contribution in [-0.4, -0.2) is 62.2 Å². The van der Waals surface area contributed by atoms with Gasteiger partial charge < -0.3 is 10.2 Å². The average Bonchev–Trinajstić information content (AvgIpc) is 2.79. The molecule has 32 heavy (non-hydrogen) atoms. The molecular weight excluding hydrogens is 450 g/mol. The van der Waals surface area contributed by atoms with E-state index in [0.717, 1.165) is 32.1 Å². The third kappa shape index (κ3) is 6.68. The van der Waals surface area contributed by atoms with Gasteiger partial charge in [0, 0.05) is 32.7 Å². The van der Waals surface area contributed by atoms with Crippen molar-refractivity contribution in [3.63, 3.8) is 0 Å². The molecule has 1 unspecified atom stereocenters. The minimum atomic E-state index is -3.71. The molecule has 0 spiro atoms. The second-order valence-corrected chi connectivity index (χ2v) is 10.5. The average molecular weight is 486 g/mol. The number of nitrogens with one attached hydrogen (secondary N) is 1. The second-order valence-electron chi connectivity index (χ2n) is 8.17. The maximum atomic E-state index is 13.2. The predicted molar refractivity (Wildman–Crippen MR) is 127 cm³/mol. The highest BCUT2D eigenvalue weighted by Crippen LogP contribution is 2.26. The van der Waals surface area contributed by atoms with E-state index < -0.39 is 10.0 Å². The molecule has 1 aromatic rings. The van der Waals surface area contributed by atoms with Crippen LogP contribution >= 0.6 is 11.6 Å². The van der Waals surface area contributed by atoms with E-state index in [1.54, 1.807) is 18.7 Å². The summed E-state index contributed by atoms with van der Waals surface area (Å²) in [6.45, 7) is 7.84. The van der Waals surface area contributed by atoms with E-state index >= 15 is 0 Å². The van der Waals surface area contributed by atoms with Crippen molar-refractivity contribution in [1.82, 2.24) is 14.5 Å². The number of piperidine rings is 1. The number of likely N-dealkylation sites (tertiary alicyclic amines) is 1. The molecule has 0 saturated carbocycles. The van der Waals surface area contributed by atoms with E-state index in [1.807, 2.05) is 0 Å². The first kappa shape index (κ1) is 26.6. The van der Waals surface area contributed by atoms with Crippen molar-refractivity contribution in [3.8, 4) is 0 Å². The van der Waals surface area contributed by atoms with Crippen LogP contribution in [-0.2, 0) is 14.8 Å². The molecule has 180 valence electrons. The summed E-state index contributed by atoms with van der Waals surface area (Å²) in [5, 5.41) is 3.19. The Kier molecular flexibility index (Phi) is 10.4. The maximum absolute atomic E-state index is 13.2. The first-order chi connectivity index (χ1) is 15.3. The molecule has 7 nitrogen and oxygen atoms in total. The highest BCUT2D eigenvalue weighted by Gasteiger charge is 2.31. The molecule has 1 heterocycles. The number of carbonyl (C=O) groups is 2. The van der Waals surface area contributed by atoms with E-state index in [0.29, 0.717) is 39.1 Å². The van der Waals surface area contributed by atoms with Crippen molar-refractivity contribution < 1.29 is 18.0 Å². The Morgan fingerprint density at radius 1 is 1.16 bits per heavy atom. The van der Waals surface area contributed by atoms with Crippen LogP contribution < -0.4 is 5.32 Å². The number of halogens is 1. The van der Waals surface area contributed by atoms with Gasteiger partial charge in [-0.05, 0) is 37.5 Å². The van der Waals surface area contributed by atoms with Gasteiger partial charge in [0.2, 0.25) is 15.9 Å². The second kappa shape index (κ2) is 12.6. The summed E-state index contributed by atoms with van der Waals surface area (Å²) in [5.74, 6) is -0.629. The van der Waals surface area contributed by atoms with Crippen molar-refractivity contribution >= 4 is 33.4 Å². The molecule has 0 radical (unpaired) electrons. The smallest absolute Gasteiger partial charge is 0.255 e. The number of sulfonamides is 1. The third-order valence-corrected chi connectivity index (χ3v) is 8.30. The first-order valence-corrected chi connectivity index (χ1v) is 13.4. The van der Waals surface area contributed by atoms with Gasteiger partial charge in [0.1, 0.15) is 0 Å². The van der Waals surface area contributed by atoms with E-state index in [2.05, 4.69) is 12.2 Å². The Balaban J connectivity index is 2.11. The molecule has 2 rings (SSSR count). The number of carbonyl (C=O) groups excluding carboxylic acids is 2. The Hall–Kier alpha value is -1.64. The molecular formula is C23H36ClN3O4S. The molecule has 1 fully saturated rings. The Morgan fingerprint density at radius 3 is 2.53 bits per heavy atom. The van der Waals surface area contributed by atoms with Crippen LogP contribution in [0.15, 0.2) is 23.1 Å².